The van der Waals surface area contributed by atoms with Gasteiger partial charge < -0.3 is 14.3 Å². The largest absolute Gasteiger partial charge is 0.478 e. The quantitative estimate of drug-likeness (QED) is 0.747. The Hall–Kier alpha value is -1.83. The van der Waals surface area contributed by atoms with E-state index in [0.29, 0.717) is 0 Å². The van der Waals surface area contributed by atoms with Crippen LogP contribution in [0.1, 0.15) is 16.1 Å². The fourth-order valence-electron chi connectivity index (χ4n) is 1.07. The lowest BCUT2D eigenvalue weighted by Crippen LogP contribution is -2.18. The molecule has 0 atom stereocenters. The maximum absolute atomic E-state index is 11.4. The van der Waals surface area contributed by atoms with Crippen molar-refractivity contribution in [3.8, 4) is 0 Å². The number of esters is 1. The molecule has 17 heavy (non-hydrogen) atoms. The van der Waals surface area contributed by atoms with Crippen LogP contribution in [0, 0.1) is 0 Å². The van der Waals surface area contributed by atoms with Gasteiger partial charge in [-0.3, -0.25) is 4.79 Å². The summed E-state index contributed by atoms with van der Waals surface area (Å²) >= 11 is 0. The Labute approximate surface area is 96.9 Å². The van der Waals surface area contributed by atoms with Crippen molar-refractivity contribution in [2.45, 2.75) is 5.75 Å². The molecule has 0 aliphatic heterocycles. The molecular weight excluding hydrogens is 252 g/mol. The lowest BCUT2D eigenvalue weighted by Gasteiger charge is -2.00. The Bertz CT molecular complexity index is 525. The summed E-state index contributed by atoms with van der Waals surface area (Å²) in [7, 11) is -2.64. The lowest BCUT2D eigenvalue weighted by molar-refractivity contribution is -0.137. The molecule has 0 saturated carbocycles. The van der Waals surface area contributed by atoms with E-state index in [4.69, 9.17) is 9.52 Å². The van der Waals surface area contributed by atoms with Crippen molar-refractivity contribution in [2.24, 2.45) is 0 Å². The highest BCUT2D eigenvalue weighted by Gasteiger charge is 2.20. The Morgan fingerprint density at radius 2 is 2.12 bits per heavy atom. The molecule has 1 N–H and O–H groups in total. The molecule has 1 aromatic rings. The Kier molecular flexibility index (Phi) is 3.89. The number of carbonyl (C=O) groups is 2. The molecule has 0 aliphatic carbocycles. The molecule has 0 spiro atoms. The van der Waals surface area contributed by atoms with Crippen molar-refractivity contribution in [2.75, 3.05) is 12.9 Å². The first kappa shape index (κ1) is 13.2. The first-order chi connectivity index (χ1) is 7.84. The van der Waals surface area contributed by atoms with Crippen LogP contribution < -0.4 is 0 Å². The van der Waals surface area contributed by atoms with Gasteiger partial charge in [-0.25, -0.2) is 13.2 Å². The number of rotatable bonds is 5. The number of ether oxygens (including phenoxy) is 1. The maximum atomic E-state index is 11.4. The maximum Gasteiger partial charge on any atom is 0.338 e. The third-order valence-corrected chi connectivity index (χ3v) is 3.23. The number of hydrogen-bond acceptors (Lipinski definition) is 6. The van der Waals surface area contributed by atoms with E-state index in [9.17, 15) is 18.0 Å². The molecule has 7 nitrogen and oxygen atoms in total. The summed E-state index contributed by atoms with van der Waals surface area (Å²) < 4.78 is 31.9. The Morgan fingerprint density at radius 1 is 1.47 bits per heavy atom. The number of carboxylic acid groups (broad SMARTS) is 1. The summed E-state index contributed by atoms with van der Waals surface area (Å²) in [6, 6.07) is 1.09. The van der Waals surface area contributed by atoms with Crippen LogP contribution in [0.15, 0.2) is 16.7 Å². The van der Waals surface area contributed by atoms with Crippen molar-refractivity contribution in [3.63, 3.8) is 0 Å². The lowest BCUT2D eigenvalue weighted by atomic mass is 10.3. The molecule has 1 heterocycles. The molecule has 94 valence electrons. The second-order valence-electron chi connectivity index (χ2n) is 3.22. The molecule has 0 aliphatic rings. The zero-order valence-electron chi connectivity index (χ0n) is 8.87. The smallest absolute Gasteiger partial charge is 0.338 e. The van der Waals surface area contributed by atoms with Gasteiger partial charge in [-0.15, -0.1) is 0 Å². The highest BCUT2D eigenvalue weighted by Crippen LogP contribution is 2.12. The minimum atomic E-state index is -3.72. The average molecular weight is 262 g/mol. The minimum Gasteiger partial charge on any atom is -0.478 e. The van der Waals surface area contributed by atoms with Crippen LogP contribution in [-0.4, -0.2) is 38.3 Å². The van der Waals surface area contributed by atoms with Crippen molar-refractivity contribution >= 4 is 21.8 Å². The third-order valence-electron chi connectivity index (χ3n) is 1.83. The van der Waals surface area contributed by atoms with Crippen molar-refractivity contribution in [3.05, 3.63) is 23.7 Å². The molecular formula is C9H10O7S. The molecule has 0 unspecified atom stereocenters. The van der Waals surface area contributed by atoms with Gasteiger partial charge in [-0.05, 0) is 6.07 Å². The minimum absolute atomic E-state index is 0.0358. The number of carboxylic acids is 1. The van der Waals surface area contributed by atoms with E-state index in [1.165, 1.54) is 0 Å². The van der Waals surface area contributed by atoms with Crippen LogP contribution in [0.5, 0.6) is 0 Å². The summed E-state index contributed by atoms with van der Waals surface area (Å²) in [5, 5.41) is 8.60. The first-order valence-corrected chi connectivity index (χ1v) is 6.24. The van der Waals surface area contributed by atoms with E-state index in [2.05, 4.69) is 4.74 Å². The highest BCUT2D eigenvalue weighted by molar-refractivity contribution is 7.91. The summed E-state index contributed by atoms with van der Waals surface area (Å²) in [5.41, 5.74) is -0.145. The predicted molar refractivity (Wildman–Crippen MR) is 55.2 cm³/mol. The molecule has 0 fully saturated rings. The van der Waals surface area contributed by atoms with Gasteiger partial charge in [0.25, 0.3) is 0 Å². The topological polar surface area (TPSA) is 111 Å². The zero-order valence-corrected chi connectivity index (χ0v) is 9.69. The van der Waals surface area contributed by atoms with Gasteiger partial charge in [-0.2, -0.15) is 0 Å². The van der Waals surface area contributed by atoms with Gasteiger partial charge in [0.2, 0.25) is 0 Å². The molecule has 0 aromatic carbocycles. The van der Waals surface area contributed by atoms with Crippen LogP contribution in [0.4, 0.5) is 0 Å². The standard InChI is InChI=1S/C9H10O7S/c1-15-8(10)5-17(13,14)4-7-2-6(3-16-7)9(11)12/h2-3H,4-5H2,1H3,(H,11,12). The van der Waals surface area contributed by atoms with Crippen LogP contribution >= 0.6 is 0 Å². The van der Waals surface area contributed by atoms with Crippen molar-refractivity contribution < 1.29 is 32.3 Å². The SMILES string of the molecule is COC(=O)CS(=O)(=O)Cc1cc(C(=O)O)co1. The van der Waals surface area contributed by atoms with Gasteiger partial charge >= 0.3 is 11.9 Å². The fourth-order valence-corrected chi connectivity index (χ4v) is 2.24. The monoisotopic (exact) mass is 262 g/mol. The van der Waals surface area contributed by atoms with Gasteiger partial charge in [-0.1, -0.05) is 0 Å². The van der Waals surface area contributed by atoms with Crippen LogP contribution in [0.3, 0.4) is 0 Å². The van der Waals surface area contributed by atoms with Crippen molar-refractivity contribution in [1.82, 2.24) is 0 Å². The van der Waals surface area contributed by atoms with E-state index in [1.54, 1.807) is 0 Å². The third kappa shape index (κ3) is 3.91. The van der Waals surface area contributed by atoms with Crippen LogP contribution in [-0.2, 0) is 25.1 Å². The van der Waals surface area contributed by atoms with Crippen LogP contribution in [0.25, 0.3) is 0 Å². The number of methoxy groups -OCH3 is 1. The van der Waals surface area contributed by atoms with Gasteiger partial charge in [0.1, 0.15) is 23.5 Å². The average Bonchev–Trinajstić information content (AvgIpc) is 2.64. The highest BCUT2D eigenvalue weighted by atomic mass is 32.2. The van der Waals surface area contributed by atoms with E-state index in [0.717, 1.165) is 19.4 Å². The second-order valence-corrected chi connectivity index (χ2v) is 5.28. The normalized spacial score (nSPS) is 11.1. The van der Waals surface area contributed by atoms with E-state index < -0.39 is 33.3 Å². The van der Waals surface area contributed by atoms with E-state index in [1.807, 2.05) is 0 Å². The molecule has 1 aromatic heterocycles. The van der Waals surface area contributed by atoms with Gasteiger partial charge in [0.05, 0.1) is 12.7 Å². The zero-order chi connectivity index (χ0) is 13.1. The molecule has 0 radical (unpaired) electrons. The molecule has 0 bridgehead atoms. The Balaban J connectivity index is 2.76. The summed E-state index contributed by atoms with van der Waals surface area (Å²) in [4.78, 5) is 21.3. The number of hydrogen-bond donors (Lipinski definition) is 1. The summed E-state index contributed by atoms with van der Waals surface area (Å²) in [5.74, 6) is -3.45. The van der Waals surface area contributed by atoms with Crippen LogP contribution in [0.2, 0.25) is 0 Å². The second kappa shape index (κ2) is 5.00. The molecule has 0 saturated heterocycles. The number of furan rings is 1. The van der Waals surface area contributed by atoms with Crippen molar-refractivity contribution in [1.29, 1.82) is 0 Å². The predicted octanol–water partition coefficient (Wildman–Crippen LogP) is 0.0656. The first-order valence-electron chi connectivity index (χ1n) is 4.42. The van der Waals surface area contributed by atoms with Gasteiger partial charge in [0.15, 0.2) is 9.84 Å². The molecule has 1 rings (SSSR count). The number of sulfone groups is 1. The molecule has 0 amide bonds. The molecule has 8 heteroatoms. The number of carbonyl (C=O) groups excluding carboxylic acids is 1. The van der Waals surface area contributed by atoms with E-state index >= 15 is 0 Å². The fraction of sp³-hybridized carbons (Fsp3) is 0.333. The number of aromatic carboxylic acids is 1. The summed E-state index contributed by atoms with van der Waals surface area (Å²) in [6.07, 6.45) is 0.936. The Morgan fingerprint density at radius 3 is 2.59 bits per heavy atom. The van der Waals surface area contributed by atoms with E-state index in [-0.39, 0.29) is 11.3 Å². The summed E-state index contributed by atoms with van der Waals surface area (Å²) in [6.45, 7) is 0. The van der Waals surface area contributed by atoms with Gasteiger partial charge in [0, 0.05) is 0 Å².